The summed E-state index contributed by atoms with van der Waals surface area (Å²) in [7, 11) is 0. The van der Waals surface area contributed by atoms with Crippen molar-refractivity contribution >= 4 is 22.8 Å². The van der Waals surface area contributed by atoms with Gasteiger partial charge in [-0.1, -0.05) is 5.16 Å². The van der Waals surface area contributed by atoms with Crippen molar-refractivity contribution in [2.75, 3.05) is 0 Å². The van der Waals surface area contributed by atoms with Crippen LogP contribution in [0.15, 0.2) is 16.7 Å². The Morgan fingerprint density at radius 2 is 2.05 bits per heavy atom. The van der Waals surface area contributed by atoms with E-state index in [4.69, 9.17) is 16.1 Å². The number of aryl methyl sites for hydroxylation is 4. The van der Waals surface area contributed by atoms with Gasteiger partial charge in [-0.25, -0.2) is 9.97 Å². The maximum absolute atomic E-state index is 5.97. The van der Waals surface area contributed by atoms with Gasteiger partial charge in [-0.05, 0) is 26.0 Å². The molecule has 7 heteroatoms. The zero-order valence-electron chi connectivity index (χ0n) is 11.3. The molecule has 3 heterocycles. The highest BCUT2D eigenvalue weighted by Gasteiger charge is 2.12. The molecular formula is C13H14ClN5O. The summed E-state index contributed by atoms with van der Waals surface area (Å²) in [4.78, 5) is 13.2. The quantitative estimate of drug-likeness (QED) is 0.690. The van der Waals surface area contributed by atoms with E-state index >= 15 is 0 Å². The highest BCUT2D eigenvalue weighted by atomic mass is 35.5. The molecule has 0 aliphatic heterocycles. The van der Waals surface area contributed by atoms with Gasteiger partial charge in [0.1, 0.15) is 11.3 Å². The molecule has 0 saturated carbocycles. The van der Waals surface area contributed by atoms with Gasteiger partial charge in [-0.2, -0.15) is 4.98 Å². The molecule has 3 aromatic rings. The molecule has 0 aromatic carbocycles. The van der Waals surface area contributed by atoms with E-state index in [-0.39, 0.29) is 0 Å². The van der Waals surface area contributed by atoms with Crippen molar-refractivity contribution in [3.63, 3.8) is 0 Å². The van der Waals surface area contributed by atoms with E-state index in [1.165, 1.54) is 0 Å². The van der Waals surface area contributed by atoms with Gasteiger partial charge in [0.2, 0.25) is 5.89 Å². The van der Waals surface area contributed by atoms with Crippen LogP contribution in [0.5, 0.6) is 0 Å². The lowest BCUT2D eigenvalue weighted by molar-refractivity contribution is 0.368. The molecule has 0 unspecified atom stereocenters. The first-order valence-corrected chi connectivity index (χ1v) is 6.88. The summed E-state index contributed by atoms with van der Waals surface area (Å²) in [6.07, 6.45) is 0.631. The van der Waals surface area contributed by atoms with Crippen molar-refractivity contribution in [2.24, 2.45) is 0 Å². The molecule has 0 fully saturated rings. The fraction of sp³-hybridized carbons (Fsp3) is 0.385. The highest BCUT2D eigenvalue weighted by Crippen LogP contribution is 2.17. The second-order valence-electron chi connectivity index (χ2n) is 4.59. The molecule has 104 valence electrons. The zero-order chi connectivity index (χ0) is 14.1. The Kier molecular flexibility index (Phi) is 3.40. The summed E-state index contributed by atoms with van der Waals surface area (Å²) in [5.74, 6) is 2.40. The fourth-order valence-corrected chi connectivity index (χ4v) is 2.33. The number of pyridine rings is 1. The lowest BCUT2D eigenvalue weighted by atomic mass is 10.3. The van der Waals surface area contributed by atoms with Gasteiger partial charge in [0.15, 0.2) is 11.5 Å². The molecule has 0 aliphatic carbocycles. The summed E-state index contributed by atoms with van der Waals surface area (Å²) < 4.78 is 7.13. The second-order valence-corrected chi connectivity index (χ2v) is 4.86. The Bertz CT molecular complexity index is 748. The molecule has 0 spiro atoms. The van der Waals surface area contributed by atoms with Crippen molar-refractivity contribution in [1.29, 1.82) is 0 Å². The molecule has 20 heavy (non-hydrogen) atoms. The van der Waals surface area contributed by atoms with Gasteiger partial charge in [0.25, 0.3) is 0 Å². The van der Waals surface area contributed by atoms with E-state index < -0.39 is 0 Å². The van der Waals surface area contributed by atoms with Crippen molar-refractivity contribution in [1.82, 2.24) is 24.7 Å². The van der Waals surface area contributed by atoms with Crippen LogP contribution < -0.4 is 0 Å². The predicted molar refractivity (Wildman–Crippen MR) is 74.6 cm³/mol. The summed E-state index contributed by atoms with van der Waals surface area (Å²) >= 11 is 5.97. The molecular weight excluding hydrogens is 278 g/mol. The first kappa shape index (κ1) is 13.1. The number of alkyl halides is 1. The fourth-order valence-electron chi connectivity index (χ4n) is 2.13. The van der Waals surface area contributed by atoms with Crippen molar-refractivity contribution in [3.8, 4) is 0 Å². The van der Waals surface area contributed by atoms with Crippen LogP contribution >= 0.6 is 11.6 Å². The molecule has 0 amide bonds. The monoisotopic (exact) mass is 291 g/mol. The minimum atomic E-state index is 0.346. The van der Waals surface area contributed by atoms with Crippen LogP contribution in [0.25, 0.3) is 11.2 Å². The van der Waals surface area contributed by atoms with Gasteiger partial charge >= 0.3 is 0 Å². The summed E-state index contributed by atoms with van der Waals surface area (Å²) in [5, 5.41) is 3.78. The topological polar surface area (TPSA) is 69.6 Å². The Hall–Kier alpha value is -1.95. The Morgan fingerprint density at radius 3 is 2.75 bits per heavy atom. The van der Waals surface area contributed by atoms with Crippen molar-refractivity contribution in [3.05, 3.63) is 35.4 Å². The number of fused-ring (bicyclic) bond motifs is 1. The molecule has 3 rings (SSSR count). The van der Waals surface area contributed by atoms with Gasteiger partial charge in [0.05, 0.1) is 5.88 Å². The van der Waals surface area contributed by atoms with E-state index in [2.05, 4.69) is 20.1 Å². The third-order valence-corrected chi connectivity index (χ3v) is 3.29. The Balaban J connectivity index is 1.94. The van der Waals surface area contributed by atoms with E-state index in [0.717, 1.165) is 22.7 Å². The lowest BCUT2D eigenvalue weighted by Crippen LogP contribution is -2.06. The second kappa shape index (κ2) is 5.20. The first-order valence-electron chi connectivity index (χ1n) is 6.35. The number of imidazole rings is 1. The average Bonchev–Trinajstić information content (AvgIpc) is 2.99. The standard InChI is InChI=1S/C13H14ClN5O/c1-8-3-4-10-13(15-8)19(11(7-14)17-10)6-5-12-16-9(2)18-20-12/h3-4H,5-7H2,1-2H3. The molecule has 0 atom stereocenters. The number of rotatable bonds is 4. The molecule has 6 nitrogen and oxygen atoms in total. The Morgan fingerprint density at radius 1 is 1.20 bits per heavy atom. The van der Waals surface area contributed by atoms with Gasteiger partial charge in [-0.3, -0.25) is 0 Å². The van der Waals surface area contributed by atoms with Gasteiger partial charge in [0, 0.05) is 18.7 Å². The number of nitrogens with zero attached hydrogens (tertiary/aromatic N) is 5. The summed E-state index contributed by atoms with van der Waals surface area (Å²) in [6, 6.07) is 3.90. The van der Waals surface area contributed by atoms with Crippen LogP contribution in [0.2, 0.25) is 0 Å². The van der Waals surface area contributed by atoms with Crippen LogP contribution in [-0.4, -0.2) is 24.7 Å². The van der Waals surface area contributed by atoms with E-state index in [1.807, 2.05) is 23.6 Å². The van der Waals surface area contributed by atoms with Crippen LogP contribution in [-0.2, 0) is 18.8 Å². The van der Waals surface area contributed by atoms with Gasteiger partial charge < -0.3 is 9.09 Å². The Labute approximate surface area is 120 Å². The van der Waals surface area contributed by atoms with Crippen LogP contribution in [0.4, 0.5) is 0 Å². The maximum Gasteiger partial charge on any atom is 0.228 e. The number of aromatic nitrogens is 5. The molecule has 0 aliphatic rings. The van der Waals surface area contributed by atoms with Crippen LogP contribution in [0.1, 0.15) is 23.2 Å². The zero-order valence-corrected chi connectivity index (χ0v) is 12.1. The van der Waals surface area contributed by atoms with E-state index in [1.54, 1.807) is 6.92 Å². The first-order chi connectivity index (χ1) is 9.67. The molecule has 0 bridgehead atoms. The van der Waals surface area contributed by atoms with Gasteiger partial charge in [-0.15, -0.1) is 11.6 Å². The normalized spacial score (nSPS) is 11.3. The minimum absolute atomic E-state index is 0.346. The summed E-state index contributed by atoms with van der Waals surface area (Å²) in [6.45, 7) is 4.42. The molecule has 3 aromatic heterocycles. The predicted octanol–water partition coefficient (Wildman–Crippen LogP) is 2.41. The number of halogens is 1. The highest BCUT2D eigenvalue weighted by molar-refractivity contribution is 6.16. The number of hydrogen-bond donors (Lipinski definition) is 0. The minimum Gasteiger partial charge on any atom is -0.339 e. The summed E-state index contributed by atoms with van der Waals surface area (Å²) in [5.41, 5.74) is 2.65. The van der Waals surface area contributed by atoms with E-state index in [0.29, 0.717) is 30.6 Å². The molecule has 0 N–H and O–H groups in total. The maximum atomic E-state index is 5.97. The SMILES string of the molecule is Cc1ccc2nc(CCl)n(CCc3nc(C)no3)c2n1. The average molecular weight is 292 g/mol. The third kappa shape index (κ3) is 2.38. The number of hydrogen-bond acceptors (Lipinski definition) is 5. The largest absolute Gasteiger partial charge is 0.339 e. The van der Waals surface area contributed by atoms with E-state index in [9.17, 15) is 0 Å². The third-order valence-electron chi connectivity index (χ3n) is 3.05. The molecule has 0 saturated heterocycles. The van der Waals surface area contributed by atoms with Crippen LogP contribution in [0, 0.1) is 13.8 Å². The lowest BCUT2D eigenvalue weighted by Gasteiger charge is -2.05. The van der Waals surface area contributed by atoms with Crippen LogP contribution in [0.3, 0.4) is 0 Å². The molecule has 0 radical (unpaired) electrons. The smallest absolute Gasteiger partial charge is 0.228 e. The van der Waals surface area contributed by atoms with Crippen molar-refractivity contribution < 1.29 is 4.52 Å². The van der Waals surface area contributed by atoms with Crippen molar-refractivity contribution in [2.45, 2.75) is 32.7 Å².